The maximum Gasteiger partial charge on any atom is 0.410 e. The number of hydrogen-bond acceptors (Lipinski definition) is 4. The molecule has 1 saturated heterocycles. The molecule has 0 aromatic heterocycles. The van der Waals surface area contributed by atoms with Crippen molar-refractivity contribution in [3.8, 4) is 0 Å². The highest BCUT2D eigenvalue weighted by molar-refractivity contribution is 5.74. The second-order valence-electron chi connectivity index (χ2n) is 7.13. The molecule has 0 atom stereocenters. The van der Waals surface area contributed by atoms with Crippen molar-refractivity contribution in [1.82, 2.24) is 4.90 Å². The van der Waals surface area contributed by atoms with Crippen LogP contribution in [0.2, 0.25) is 0 Å². The Kier molecular flexibility index (Phi) is 4.54. The maximum absolute atomic E-state index is 12.1. The molecule has 1 heterocycles. The normalized spacial score (nSPS) is 16.4. The molecule has 126 valence electrons. The van der Waals surface area contributed by atoms with E-state index in [1.54, 1.807) is 20.8 Å². The number of aliphatic carboxylic acids is 1. The van der Waals surface area contributed by atoms with Gasteiger partial charge in [-0.15, -0.1) is 0 Å². The van der Waals surface area contributed by atoms with Crippen LogP contribution in [-0.4, -0.2) is 46.3 Å². The van der Waals surface area contributed by atoms with Gasteiger partial charge in [-0.1, -0.05) is 18.2 Å². The number of carboxylic acid groups (broad SMARTS) is 1. The highest BCUT2D eigenvalue weighted by Gasteiger charge is 2.48. The first kappa shape index (κ1) is 17.1. The fourth-order valence-electron chi connectivity index (χ4n) is 2.66. The summed E-state index contributed by atoms with van der Waals surface area (Å²) in [7, 11) is 0. The van der Waals surface area contributed by atoms with E-state index >= 15 is 0 Å². The van der Waals surface area contributed by atoms with Gasteiger partial charge >= 0.3 is 12.1 Å². The number of benzene rings is 1. The quantitative estimate of drug-likeness (QED) is 0.892. The molecule has 1 amide bonds. The van der Waals surface area contributed by atoms with Crippen molar-refractivity contribution in [3.05, 3.63) is 29.8 Å². The summed E-state index contributed by atoms with van der Waals surface area (Å²) >= 11 is 0. The number of hydrogen-bond donors (Lipinski definition) is 2. The minimum Gasteiger partial charge on any atom is -0.481 e. The lowest BCUT2D eigenvalue weighted by Crippen LogP contribution is -2.68. The Labute approximate surface area is 136 Å². The zero-order chi connectivity index (χ0) is 17.3. The Bertz CT molecular complexity index is 601. The molecule has 0 unspecified atom stereocenters. The molecule has 6 nitrogen and oxygen atoms in total. The molecule has 0 saturated carbocycles. The predicted molar refractivity (Wildman–Crippen MR) is 87.6 cm³/mol. The molecule has 2 N–H and O–H groups in total. The lowest BCUT2D eigenvalue weighted by atomic mass is 9.86. The topological polar surface area (TPSA) is 78.9 Å². The molecule has 0 spiro atoms. The molecule has 1 fully saturated rings. The van der Waals surface area contributed by atoms with Gasteiger partial charge in [-0.3, -0.25) is 4.79 Å². The van der Waals surface area contributed by atoms with Crippen molar-refractivity contribution in [2.45, 2.75) is 45.3 Å². The highest BCUT2D eigenvalue weighted by Crippen LogP contribution is 2.31. The number of aryl methyl sites for hydroxylation is 1. The number of carboxylic acids is 1. The zero-order valence-corrected chi connectivity index (χ0v) is 14.0. The van der Waals surface area contributed by atoms with Crippen LogP contribution in [0, 0.1) is 6.92 Å². The number of rotatable bonds is 4. The van der Waals surface area contributed by atoms with E-state index in [2.05, 4.69) is 5.32 Å². The van der Waals surface area contributed by atoms with Gasteiger partial charge in [0, 0.05) is 18.8 Å². The number of nitrogens with zero attached hydrogens (tertiary/aromatic N) is 1. The van der Waals surface area contributed by atoms with Crippen LogP contribution in [0.1, 0.15) is 32.8 Å². The van der Waals surface area contributed by atoms with Crippen molar-refractivity contribution in [2.24, 2.45) is 0 Å². The fourth-order valence-corrected chi connectivity index (χ4v) is 2.66. The largest absolute Gasteiger partial charge is 0.481 e. The van der Waals surface area contributed by atoms with E-state index in [0.717, 1.165) is 11.3 Å². The summed E-state index contributed by atoms with van der Waals surface area (Å²) in [6.07, 6.45) is -0.467. The maximum atomic E-state index is 12.1. The Hall–Kier alpha value is -2.24. The van der Waals surface area contributed by atoms with Crippen molar-refractivity contribution >= 4 is 17.7 Å². The van der Waals surface area contributed by atoms with E-state index in [0.29, 0.717) is 13.1 Å². The van der Waals surface area contributed by atoms with Crippen LogP contribution >= 0.6 is 0 Å². The predicted octanol–water partition coefficient (Wildman–Crippen LogP) is 2.87. The smallest absolute Gasteiger partial charge is 0.410 e. The number of anilines is 1. The average molecular weight is 320 g/mol. The van der Waals surface area contributed by atoms with Gasteiger partial charge in [-0.2, -0.15) is 0 Å². The van der Waals surface area contributed by atoms with Crippen LogP contribution in [0.3, 0.4) is 0 Å². The number of para-hydroxylation sites is 1. The summed E-state index contributed by atoms with van der Waals surface area (Å²) in [5.41, 5.74) is 0.700. The summed E-state index contributed by atoms with van der Waals surface area (Å²) in [5, 5.41) is 12.5. The van der Waals surface area contributed by atoms with Crippen LogP contribution in [0.4, 0.5) is 10.5 Å². The Morgan fingerprint density at radius 2 is 1.91 bits per heavy atom. The summed E-state index contributed by atoms with van der Waals surface area (Å²) in [6, 6.07) is 7.70. The number of ether oxygens (including phenoxy) is 1. The fraction of sp³-hybridized carbons (Fsp3) is 0.529. The standard InChI is InChI=1S/C17H24N2O4/c1-12-7-5-6-8-13(12)18-17(9-14(20)21)10-19(11-17)15(22)23-16(2,3)4/h5-8,18H,9-11H2,1-4H3,(H,20,21). The van der Waals surface area contributed by atoms with Crippen LogP contribution in [-0.2, 0) is 9.53 Å². The van der Waals surface area contributed by atoms with Crippen LogP contribution in [0.5, 0.6) is 0 Å². The van der Waals surface area contributed by atoms with Crippen molar-refractivity contribution < 1.29 is 19.4 Å². The third-order valence-corrected chi connectivity index (χ3v) is 3.67. The summed E-state index contributed by atoms with van der Waals surface area (Å²) in [5.74, 6) is -0.894. The molecular weight excluding hydrogens is 296 g/mol. The molecule has 0 aliphatic carbocycles. The van der Waals surface area contributed by atoms with E-state index in [4.69, 9.17) is 4.74 Å². The highest BCUT2D eigenvalue weighted by atomic mass is 16.6. The molecule has 0 radical (unpaired) electrons. The van der Waals surface area contributed by atoms with E-state index in [9.17, 15) is 14.7 Å². The second-order valence-corrected chi connectivity index (χ2v) is 7.13. The van der Waals surface area contributed by atoms with Crippen LogP contribution in [0.15, 0.2) is 24.3 Å². The molecule has 1 aliphatic rings. The first-order chi connectivity index (χ1) is 10.6. The minimum atomic E-state index is -0.894. The van der Waals surface area contributed by atoms with Gasteiger partial charge in [0.1, 0.15) is 5.60 Å². The van der Waals surface area contributed by atoms with E-state index in [-0.39, 0.29) is 6.42 Å². The van der Waals surface area contributed by atoms with E-state index in [1.807, 2.05) is 31.2 Å². The number of likely N-dealkylation sites (tertiary alicyclic amines) is 1. The van der Waals surface area contributed by atoms with Crippen LogP contribution < -0.4 is 5.32 Å². The molecule has 23 heavy (non-hydrogen) atoms. The van der Waals surface area contributed by atoms with Gasteiger partial charge in [-0.25, -0.2) is 4.79 Å². The van der Waals surface area contributed by atoms with Gasteiger partial charge in [0.25, 0.3) is 0 Å². The van der Waals surface area contributed by atoms with Gasteiger partial charge in [0.05, 0.1) is 12.0 Å². The SMILES string of the molecule is Cc1ccccc1NC1(CC(=O)O)CN(C(=O)OC(C)(C)C)C1. The lowest BCUT2D eigenvalue weighted by Gasteiger charge is -2.50. The average Bonchev–Trinajstić information content (AvgIpc) is 2.35. The molecule has 1 aliphatic heterocycles. The Morgan fingerprint density at radius 3 is 2.43 bits per heavy atom. The summed E-state index contributed by atoms with van der Waals surface area (Å²) < 4.78 is 5.33. The lowest BCUT2D eigenvalue weighted by molar-refractivity contribution is -0.139. The van der Waals surface area contributed by atoms with Crippen molar-refractivity contribution in [2.75, 3.05) is 18.4 Å². The molecular formula is C17H24N2O4. The zero-order valence-electron chi connectivity index (χ0n) is 14.0. The van der Waals surface area contributed by atoms with Crippen LogP contribution in [0.25, 0.3) is 0 Å². The second kappa shape index (κ2) is 6.10. The van der Waals surface area contributed by atoms with Crippen molar-refractivity contribution in [3.63, 3.8) is 0 Å². The van der Waals surface area contributed by atoms with Gasteiger partial charge < -0.3 is 20.1 Å². The molecule has 1 aromatic rings. The monoisotopic (exact) mass is 320 g/mol. The molecule has 6 heteroatoms. The Morgan fingerprint density at radius 1 is 1.30 bits per heavy atom. The van der Waals surface area contributed by atoms with E-state index in [1.165, 1.54) is 4.90 Å². The minimum absolute atomic E-state index is 0.0549. The van der Waals surface area contributed by atoms with Crippen molar-refractivity contribution in [1.29, 1.82) is 0 Å². The first-order valence-corrected chi connectivity index (χ1v) is 7.64. The van der Waals surface area contributed by atoms with Gasteiger partial charge in [0.2, 0.25) is 0 Å². The molecule has 0 bridgehead atoms. The third kappa shape index (κ3) is 4.37. The van der Waals surface area contributed by atoms with Gasteiger partial charge in [-0.05, 0) is 39.3 Å². The van der Waals surface area contributed by atoms with Gasteiger partial charge in [0.15, 0.2) is 0 Å². The molecule has 1 aromatic carbocycles. The third-order valence-electron chi connectivity index (χ3n) is 3.67. The number of amides is 1. The number of nitrogens with one attached hydrogen (secondary N) is 1. The molecule has 2 rings (SSSR count). The Balaban J connectivity index is 2.08. The summed E-state index contributed by atoms with van der Waals surface area (Å²) in [6.45, 7) is 7.99. The van der Waals surface area contributed by atoms with E-state index < -0.39 is 23.2 Å². The first-order valence-electron chi connectivity index (χ1n) is 7.64. The number of carbonyl (C=O) groups excluding carboxylic acids is 1. The number of carbonyl (C=O) groups is 2. The summed E-state index contributed by atoms with van der Waals surface area (Å²) in [4.78, 5) is 24.8.